The molecule has 0 aliphatic heterocycles. The molecule has 0 saturated heterocycles. The molecule has 2 saturated carbocycles. The second kappa shape index (κ2) is 9.93. The van der Waals surface area contributed by atoms with Crippen molar-refractivity contribution >= 4 is 34.4 Å². The zero-order valence-electron chi connectivity index (χ0n) is 17.9. The van der Waals surface area contributed by atoms with E-state index in [1.165, 1.54) is 0 Å². The number of alkyl halides is 3. The summed E-state index contributed by atoms with van der Waals surface area (Å²) in [5.74, 6) is -1.19. The summed E-state index contributed by atoms with van der Waals surface area (Å²) in [7, 11) is 0. The lowest BCUT2D eigenvalue weighted by molar-refractivity contribution is -0.219. The smallest absolute Gasteiger partial charge is 0.392 e. The lowest BCUT2D eigenvalue weighted by Gasteiger charge is -2.36. The predicted molar refractivity (Wildman–Crippen MR) is 115 cm³/mol. The normalized spacial score (nSPS) is 25.5. The summed E-state index contributed by atoms with van der Waals surface area (Å²) >= 11 is 5.98. The number of rotatable bonds is 7. The Balaban J connectivity index is 1.13. The molecule has 2 aromatic rings. The SMILES string of the molecule is O=C(COC1CC(C(F)(F)F)C1)N[C@H]1CC[C@H](C(=O)NCc2cc3cc(Cl)ccc3o2)CC1. The van der Waals surface area contributed by atoms with Gasteiger partial charge in [0.15, 0.2) is 0 Å². The van der Waals surface area contributed by atoms with E-state index in [1.54, 1.807) is 18.2 Å². The standard InChI is InChI=1S/C23H26ClF3N2O4/c24-16-3-6-20-14(7-16)8-19(33-20)11-28-22(31)13-1-4-17(5-2-13)29-21(30)12-32-18-9-15(10-18)23(25,26)27/h3,6-8,13,15,17-18H,1-2,4-5,9-12H2,(H,28,31)(H,29,30)/t13-,15?,17-,18?. The molecule has 6 nitrogen and oxygen atoms in total. The highest BCUT2D eigenvalue weighted by Gasteiger charge is 2.48. The van der Waals surface area contributed by atoms with Gasteiger partial charge in [0.25, 0.3) is 0 Å². The number of benzene rings is 1. The van der Waals surface area contributed by atoms with E-state index in [0.717, 1.165) is 5.39 Å². The number of amides is 2. The van der Waals surface area contributed by atoms with Gasteiger partial charge >= 0.3 is 6.18 Å². The van der Waals surface area contributed by atoms with Crippen LogP contribution in [0.15, 0.2) is 28.7 Å². The van der Waals surface area contributed by atoms with Crippen molar-refractivity contribution < 1.29 is 31.9 Å². The second-order valence-electron chi connectivity index (χ2n) is 8.87. The Labute approximate surface area is 194 Å². The van der Waals surface area contributed by atoms with Crippen molar-refractivity contribution in [2.75, 3.05) is 6.61 Å². The summed E-state index contributed by atoms with van der Waals surface area (Å²) in [6.45, 7) is 0.0495. The van der Waals surface area contributed by atoms with Crippen LogP contribution >= 0.6 is 11.6 Å². The van der Waals surface area contributed by atoms with Crippen molar-refractivity contribution in [2.45, 2.75) is 63.4 Å². The van der Waals surface area contributed by atoms with E-state index in [4.69, 9.17) is 20.8 Å². The van der Waals surface area contributed by atoms with Gasteiger partial charge in [-0.3, -0.25) is 9.59 Å². The molecule has 2 aliphatic rings. The van der Waals surface area contributed by atoms with Crippen LogP contribution in [0, 0.1) is 11.8 Å². The molecule has 0 spiro atoms. The first-order valence-corrected chi connectivity index (χ1v) is 11.5. The fraction of sp³-hybridized carbons (Fsp3) is 0.565. The van der Waals surface area contributed by atoms with Crippen molar-refractivity contribution in [3.05, 3.63) is 35.0 Å². The summed E-state index contributed by atoms with van der Waals surface area (Å²) in [6.07, 6.45) is -2.26. The van der Waals surface area contributed by atoms with Crippen molar-refractivity contribution in [3.63, 3.8) is 0 Å². The number of carbonyl (C=O) groups excluding carboxylic acids is 2. The zero-order chi connectivity index (χ0) is 23.6. The fourth-order valence-electron chi connectivity index (χ4n) is 4.41. The molecule has 2 N–H and O–H groups in total. The van der Waals surface area contributed by atoms with Gasteiger partial charge in [0.2, 0.25) is 11.8 Å². The third kappa shape index (κ3) is 6.20. The number of ether oxygens (including phenoxy) is 1. The van der Waals surface area contributed by atoms with Gasteiger partial charge in [-0.05, 0) is 62.8 Å². The zero-order valence-corrected chi connectivity index (χ0v) is 18.7. The van der Waals surface area contributed by atoms with Gasteiger partial charge in [0.05, 0.1) is 18.6 Å². The van der Waals surface area contributed by atoms with Crippen molar-refractivity contribution in [2.24, 2.45) is 11.8 Å². The van der Waals surface area contributed by atoms with Gasteiger partial charge in [-0.25, -0.2) is 0 Å². The van der Waals surface area contributed by atoms with Gasteiger partial charge in [0.1, 0.15) is 18.0 Å². The Hall–Kier alpha value is -2.26. The lowest BCUT2D eigenvalue weighted by Crippen LogP contribution is -2.44. The van der Waals surface area contributed by atoms with Gasteiger partial charge in [-0.1, -0.05) is 11.6 Å². The molecule has 10 heteroatoms. The largest absolute Gasteiger partial charge is 0.459 e. The molecule has 2 fully saturated rings. The van der Waals surface area contributed by atoms with E-state index < -0.39 is 18.2 Å². The maximum Gasteiger partial charge on any atom is 0.392 e. The molecule has 1 aromatic carbocycles. The summed E-state index contributed by atoms with van der Waals surface area (Å²) < 4.78 is 48.5. The van der Waals surface area contributed by atoms with Crippen LogP contribution in [-0.2, 0) is 20.9 Å². The van der Waals surface area contributed by atoms with Crippen molar-refractivity contribution in [3.8, 4) is 0 Å². The van der Waals surface area contributed by atoms with E-state index in [-0.39, 0.29) is 49.8 Å². The molecule has 0 radical (unpaired) electrons. The van der Waals surface area contributed by atoms with Crippen LogP contribution in [0.1, 0.15) is 44.3 Å². The highest BCUT2D eigenvalue weighted by Crippen LogP contribution is 2.42. The minimum atomic E-state index is -4.19. The van der Waals surface area contributed by atoms with Gasteiger partial charge in [0, 0.05) is 22.4 Å². The van der Waals surface area contributed by atoms with Gasteiger partial charge < -0.3 is 19.8 Å². The van der Waals surface area contributed by atoms with E-state index in [2.05, 4.69) is 10.6 Å². The molecule has 0 bridgehead atoms. The summed E-state index contributed by atoms with van der Waals surface area (Å²) in [5.41, 5.74) is 0.710. The van der Waals surface area contributed by atoms with E-state index in [9.17, 15) is 22.8 Å². The molecular weight excluding hydrogens is 461 g/mol. The fourth-order valence-corrected chi connectivity index (χ4v) is 4.59. The lowest BCUT2D eigenvalue weighted by atomic mass is 9.82. The highest BCUT2D eigenvalue weighted by atomic mass is 35.5. The molecule has 0 atom stereocenters. The molecule has 180 valence electrons. The van der Waals surface area contributed by atoms with Crippen LogP contribution in [0.4, 0.5) is 13.2 Å². The maximum atomic E-state index is 12.5. The first kappa shape index (κ1) is 23.9. The number of hydrogen-bond acceptors (Lipinski definition) is 4. The number of nitrogens with one attached hydrogen (secondary N) is 2. The molecule has 2 aliphatic carbocycles. The average molecular weight is 487 g/mol. The highest BCUT2D eigenvalue weighted by molar-refractivity contribution is 6.31. The quantitative estimate of drug-likeness (QED) is 0.592. The third-order valence-electron chi connectivity index (χ3n) is 6.44. The Morgan fingerprint density at radius 3 is 2.55 bits per heavy atom. The van der Waals surface area contributed by atoms with Crippen LogP contribution in [-0.4, -0.2) is 36.7 Å². The number of fused-ring (bicyclic) bond motifs is 1. The Morgan fingerprint density at radius 1 is 1.12 bits per heavy atom. The molecule has 4 rings (SSSR count). The number of hydrogen-bond donors (Lipinski definition) is 2. The molecular formula is C23H26ClF3N2O4. The Morgan fingerprint density at radius 2 is 1.85 bits per heavy atom. The van der Waals surface area contributed by atoms with E-state index in [0.29, 0.717) is 42.0 Å². The minimum absolute atomic E-state index is 0.0502. The maximum absolute atomic E-state index is 12.5. The number of furan rings is 1. The molecule has 33 heavy (non-hydrogen) atoms. The van der Waals surface area contributed by atoms with Crippen LogP contribution < -0.4 is 10.6 Å². The molecule has 1 aromatic heterocycles. The van der Waals surface area contributed by atoms with Crippen LogP contribution in [0.2, 0.25) is 5.02 Å². The predicted octanol–water partition coefficient (Wildman–Crippen LogP) is 4.73. The monoisotopic (exact) mass is 486 g/mol. The van der Waals surface area contributed by atoms with Gasteiger partial charge in [-0.15, -0.1) is 0 Å². The summed E-state index contributed by atoms with van der Waals surface area (Å²) in [4.78, 5) is 24.6. The van der Waals surface area contributed by atoms with Crippen molar-refractivity contribution in [1.82, 2.24) is 10.6 Å². The molecule has 0 unspecified atom stereocenters. The summed E-state index contributed by atoms with van der Waals surface area (Å²) in [5, 5.41) is 7.26. The molecule has 1 heterocycles. The van der Waals surface area contributed by atoms with E-state index in [1.807, 2.05) is 6.07 Å². The third-order valence-corrected chi connectivity index (χ3v) is 6.67. The van der Waals surface area contributed by atoms with E-state index >= 15 is 0 Å². The average Bonchev–Trinajstić information content (AvgIpc) is 3.12. The Kier molecular flexibility index (Phi) is 7.19. The second-order valence-corrected chi connectivity index (χ2v) is 9.31. The topological polar surface area (TPSA) is 80.6 Å². The first-order valence-electron chi connectivity index (χ1n) is 11.1. The Bertz CT molecular complexity index is 995. The van der Waals surface area contributed by atoms with Crippen LogP contribution in [0.25, 0.3) is 11.0 Å². The number of carbonyl (C=O) groups is 2. The van der Waals surface area contributed by atoms with Crippen molar-refractivity contribution in [1.29, 1.82) is 0 Å². The molecule has 2 amide bonds. The van der Waals surface area contributed by atoms with Crippen LogP contribution in [0.5, 0.6) is 0 Å². The number of halogens is 4. The first-order chi connectivity index (χ1) is 15.7. The summed E-state index contributed by atoms with van der Waals surface area (Å²) in [6, 6.07) is 7.13. The minimum Gasteiger partial charge on any atom is -0.459 e. The van der Waals surface area contributed by atoms with Gasteiger partial charge in [-0.2, -0.15) is 13.2 Å². The van der Waals surface area contributed by atoms with Crippen LogP contribution in [0.3, 0.4) is 0 Å².